The first-order chi connectivity index (χ1) is 9.02. The maximum atomic E-state index is 12.8. The van der Waals surface area contributed by atoms with Gasteiger partial charge in [-0.1, -0.05) is 12.1 Å². The quantitative estimate of drug-likeness (QED) is 0.731. The van der Waals surface area contributed by atoms with Crippen molar-refractivity contribution in [2.45, 2.75) is 12.5 Å². The van der Waals surface area contributed by atoms with Crippen LogP contribution >= 0.6 is 0 Å². The summed E-state index contributed by atoms with van der Waals surface area (Å²) in [5.74, 6) is -2.03. The second-order valence-electron chi connectivity index (χ2n) is 3.73. The Balaban J connectivity index is 2.46. The van der Waals surface area contributed by atoms with E-state index in [-0.39, 0.29) is 18.8 Å². The molecule has 5 nitrogen and oxygen atoms in total. The van der Waals surface area contributed by atoms with Crippen LogP contribution in [0.3, 0.4) is 0 Å². The highest BCUT2D eigenvalue weighted by molar-refractivity contribution is 5.84. The zero-order chi connectivity index (χ0) is 14.3. The molecule has 0 fully saturated rings. The van der Waals surface area contributed by atoms with Crippen LogP contribution in [0.4, 0.5) is 4.39 Å². The smallest absolute Gasteiger partial charge is 0.326 e. The van der Waals surface area contributed by atoms with Crippen molar-refractivity contribution in [2.75, 3.05) is 6.61 Å². The Labute approximate surface area is 109 Å². The summed E-state index contributed by atoms with van der Waals surface area (Å²) < 4.78 is 17.9. The third kappa shape index (κ3) is 5.20. The summed E-state index contributed by atoms with van der Waals surface area (Å²) in [5, 5.41) is 11.1. The molecule has 1 aromatic carbocycles. The molecule has 0 aromatic heterocycles. The standard InChI is InChI=1S/C13H14FNO4/c1-2-4-11(13(17)18)15-12(16)8-19-10-6-3-5-9(14)7-10/h2-3,5-7,11H,1,4,8H2,(H,15,16)(H,17,18). The molecular formula is C13H14FNO4. The summed E-state index contributed by atoms with van der Waals surface area (Å²) in [5.41, 5.74) is 0. The molecule has 0 aliphatic rings. The molecule has 0 radical (unpaired) electrons. The highest BCUT2D eigenvalue weighted by atomic mass is 19.1. The van der Waals surface area contributed by atoms with Crippen LogP contribution in [0.2, 0.25) is 0 Å². The molecule has 0 saturated carbocycles. The number of ether oxygens (including phenoxy) is 1. The molecule has 102 valence electrons. The lowest BCUT2D eigenvalue weighted by Crippen LogP contribution is -2.42. The van der Waals surface area contributed by atoms with Crippen molar-refractivity contribution in [3.05, 3.63) is 42.7 Å². The lowest BCUT2D eigenvalue weighted by molar-refractivity contribution is -0.142. The Morgan fingerprint density at radius 2 is 2.26 bits per heavy atom. The largest absolute Gasteiger partial charge is 0.484 e. The molecule has 1 aromatic rings. The number of nitrogens with one attached hydrogen (secondary N) is 1. The molecule has 2 N–H and O–H groups in total. The number of carboxylic acids is 1. The zero-order valence-electron chi connectivity index (χ0n) is 10.1. The Morgan fingerprint density at radius 3 is 2.84 bits per heavy atom. The summed E-state index contributed by atoms with van der Waals surface area (Å²) >= 11 is 0. The number of hydrogen-bond acceptors (Lipinski definition) is 3. The number of amides is 1. The van der Waals surface area contributed by atoms with Gasteiger partial charge in [-0.3, -0.25) is 4.79 Å². The molecule has 1 amide bonds. The van der Waals surface area contributed by atoms with Gasteiger partial charge in [0.2, 0.25) is 0 Å². The molecule has 1 atom stereocenters. The van der Waals surface area contributed by atoms with Crippen molar-refractivity contribution in [3.8, 4) is 5.75 Å². The van der Waals surface area contributed by atoms with E-state index in [0.29, 0.717) is 0 Å². The molecule has 0 aliphatic heterocycles. The number of carbonyl (C=O) groups excluding carboxylic acids is 1. The van der Waals surface area contributed by atoms with E-state index in [0.717, 1.165) is 6.07 Å². The number of carbonyl (C=O) groups is 2. The summed E-state index contributed by atoms with van der Waals surface area (Å²) in [6.45, 7) is 3.02. The first-order valence-corrected chi connectivity index (χ1v) is 5.54. The van der Waals surface area contributed by atoms with E-state index in [1.165, 1.54) is 24.3 Å². The van der Waals surface area contributed by atoms with E-state index >= 15 is 0 Å². The fourth-order valence-corrected chi connectivity index (χ4v) is 1.33. The average Bonchev–Trinajstić information content (AvgIpc) is 2.36. The monoisotopic (exact) mass is 267 g/mol. The van der Waals surface area contributed by atoms with Crippen molar-refractivity contribution in [1.29, 1.82) is 0 Å². The van der Waals surface area contributed by atoms with Gasteiger partial charge in [-0.2, -0.15) is 0 Å². The molecule has 6 heteroatoms. The summed E-state index contributed by atoms with van der Waals surface area (Å²) in [4.78, 5) is 22.3. The normalized spacial score (nSPS) is 11.4. The van der Waals surface area contributed by atoms with Crippen molar-refractivity contribution < 1.29 is 23.8 Å². The van der Waals surface area contributed by atoms with Gasteiger partial charge >= 0.3 is 5.97 Å². The van der Waals surface area contributed by atoms with E-state index in [1.807, 2.05) is 0 Å². The van der Waals surface area contributed by atoms with Gasteiger partial charge in [-0.05, 0) is 18.6 Å². The molecule has 0 bridgehead atoms. The molecular weight excluding hydrogens is 253 g/mol. The predicted octanol–water partition coefficient (Wildman–Crippen LogP) is 1.35. The molecule has 1 rings (SSSR count). The molecule has 0 heterocycles. The second kappa shape index (κ2) is 7.15. The van der Waals surface area contributed by atoms with Gasteiger partial charge in [0.25, 0.3) is 5.91 Å². The highest BCUT2D eigenvalue weighted by Gasteiger charge is 2.18. The van der Waals surface area contributed by atoms with Crippen LogP contribution in [0, 0.1) is 5.82 Å². The minimum absolute atomic E-state index is 0.112. The maximum Gasteiger partial charge on any atom is 0.326 e. The number of rotatable bonds is 7. The van der Waals surface area contributed by atoms with Gasteiger partial charge in [0.15, 0.2) is 6.61 Å². The fraction of sp³-hybridized carbons (Fsp3) is 0.231. The fourth-order valence-electron chi connectivity index (χ4n) is 1.33. The van der Waals surface area contributed by atoms with Crippen molar-refractivity contribution in [3.63, 3.8) is 0 Å². The maximum absolute atomic E-state index is 12.8. The third-order valence-corrected chi connectivity index (χ3v) is 2.20. The summed E-state index contributed by atoms with van der Waals surface area (Å²) in [7, 11) is 0. The molecule has 0 saturated heterocycles. The average molecular weight is 267 g/mol. The van der Waals surface area contributed by atoms with E-state index in [1.54, 1.807) is 0 Å². The SMILES string of the molecule is C=CCC(NC(=O)COc1cccc(F)c1)C(=O)O. The number of aliphatic carboxylic acids is 1. The molecule has 0 aliphatic carbocycles. The minimum Gasteiger partial charge on any atom is -0.484 e. The topological polar surface area (TPSA) is 75.6 Å². The Bertz CT molecular complexity index is 475. The Morgan fingerprint density at radius 1 is 1.53 bits per heavy atom. The third-order valence-electron chi connectivity index (χ3n) is 2.20. The van der Waals surface area contributed by atoms with Crippen LogP contribution in [-0.4, -0.2) is 29.6 Å². The minimum atomic E-state index is -1.15. The number of carboxylic acid groups (broad SMARTS) is 1. The molecule has 19 heavy (non-hydrogen) atoms. The van der Waals surface area contributed by atoms with Crippen molar-refractivity contribution in [2.24, 2.45) is 0 Å². The van der Waals surface area contributed by atoms with Crippen LogP contribution in [0.25, 0.3) is 0 Å². The van der Waals surface area contributed by atoms with Crippen LogP contribution in [0.15, 0.2) is 36.9 Å². The molecule has 1 unspecified atom stereocenters. The van der Waals surface area contributed by atoms with Crippen LogP contribution in [0.5, 0.6) is 5.75 Å². The van der Waals surface area contributed by atoms with E-state index in [4.69, 9.17) is 9.84 Å². The Kier molecular flexibility index (Phi) is 5.53. The van der Waals surface area contributed by atoms with Gasteiger partial charge in [-0.25, -0.2) is 9.18 Å². The number of hydrogen-bond donors (Lipinski definition) is 2. The van der Waals surface area contributed by atoms with E-state index in [9.17, 15) is 14.0 Å². The number of halogens is 1. The van der Waals surface area contributed by atoms with Gasteiger partial charge < -0.3 is 15.2 Å². The van der Waals surface area contributed by atoms with Crippen molar-refractivity contribution >= 4 is 11.9 Å². The van der Waals surface area contributed by atoms with E-state index < -0.39 is 23.7 Å². The Hall–Kier alpha value is -2.37. The van der Waals surface area contributed by atoms with Gasteiger partial charge in [0.05, 0.1) is 0 Å². The van der Waals surface area contributed by atoms with Gasteiger partial charge in [0, 0.05) is 6.07 Å². The summed E-state index contributed by atoms with van der Waals surface area (Å²) in [6, 6.07) is 4.28. The first kappa shape index (κ1) is 14.7. The number of benzene rings is 1. The lowest BCUT2D eigenvalue weighted by Gasteiger charge is -2.13. The predicted molar refractivity (Wildman–Crippen MR) is 66.3 cm³/mol. The lowest BCUT2D eigenvalue weighted by atomic mass is 10.2. The van der Waals surface area contributed by atoms with E-state index in [2.05, 4.69) is 11.9 Å². The zero-order valence-corrected chi connectivity index (χ0v) is 10.1. The van der Waals surface area contributed by atoms with Crippen LogP contribution in [0.1, 0.15) is 6.42 Å². The van der Waals surface area contributed by atoms with Gasteiger partial charge in [-0.15, -0.1) is 6.58 Å². The second-order valence-corrected chi connectivity index (χ2v) is 3.73. The first-order valence-electron chi connectivity index (χ1n) is 5.54. The summed E-state index contributed by atoms with van der Waals surface area (Å²) in [6.07, 6.45) is 1.51. The van der Waals surface area contributed by atoms with Gasteiger partial charge in [0.1, 0.15) is 17.6 Å². The van der Waals surface area contributed by atoms with Crippen LogP contribution < -0.4 is 10.1 Å². The van der Waals surface area contributed by atoms with Crippen LogP contribution in [-0.2, 0) is 9.59 Å². The highest BCUT2D eigenvalue weighted by Crippen LogP contribution is 2.11. The molecule has 0 spiro atoms. The van der Waals surface area contributed by atoms with Crippen molar-refractivity contribution in [1.82, 2.24) is 5.32 Å².